The molecule has 0 spiro atoms. The second-order valence-corrected chi connectivity index (χ2v) is 3.31. The van der Waals surface area contributed by atoms with Gasteiger partial charge in [0.25, 0.3) is 0 Å². The van der Waals surface area contributed by atoms with Gasteiger partial charge in [-0.25, -0.2) is 0 Å². The Bertz CT molecular complexity index is 333. The molecule has 0 fully saturated rings. The van der Waals surface area contributed by atoms with Crippen molar-refractivity contribution in [1.82, 2.24) is 0 Å². The highest BCUT2D eigenvalue weighted by molar-refractivity contribution is 6.00. The molecule has 1 aromatic rings. The van der Waals surface area contributed by atoms with Crippen molar-refractivity contribution >= 4 is 11.4 Å². The molecule has 0 radical (unpaired) electrons. The molecule has 14 heavy (non-hydrogen) atoms. The van der Waals surface area contributed by atoms with Crippen molar-refractivity contribution in [3.05, 3.63) is 35.9 Å². The van der Waals surface area contributed by atoms with Crippen LogP contribution in [0.1, 0.15) is 32.8 Å². The third-order valence-electron chi connectivity index (χ3n) is 1.81. The van der Waals surface area contributed by atoms with Gasteiger partial charge in [0, 0.05) is 5.71 Å². The predicted octanol–water partition coefficient (Wildman–Crippen LogP) is 3.28. The fourth-order valence-electron chi connectivity index (χ4n) is 1.12. The second kappa shape index (κ2) is 5.32. The molecule has 0 aliphatic heterocycles. The van der Waals surface area contributed by atoms with E-state index >= 15 is 0 Å². The Morgan fingerprint density at radius 3 is 2.21 bits per heavy atom. The number of benzene rings is 1. The van der Waals surface area contributed by atoms with Crippen LogP contribution in [-0.4, -0.2) is 11.4 Å². The van der Waals surface area contributed by atoms with Gasteiger partial charge >= 0.3 is 0 Å². The monoisotopic (exact) mass is 188 g/mol. The molecule has 0 amide bonds. The van der Waals surface area contributed by atoms with Crippen LogP contribution in [-0.2, 0) is 0 Å². The van der Waals surface area contributed by atoms with E-state index in [0.717, 1.165) is 23.4 Å². The van der Waals surface area contributed by atoms with Crippen LogP contribution in [0.15, 0.2) is 40.5 Å². The quantitative estimate of drug-likeness (QED) is 0.513. The average molecular weight is 188 g/mol. The minimum Gasteiger partial charge on any atom is -0.160 e. The van der Waals surface area contributed by atoms with E-state index in [4.69, 9.17) is 0 Å². The highest BCUT2D eigenvalue weighted by Gasteiger charge is 1.98. The summed E-state index contributed by atoms with van der Waals surface area (Å²) in [5.41, 5.74) is 3.17. The molecular weight excluding hydrogens is 172 g/mol. The Hall–Kier alpha value is -1.44. The van der Waals surface area contributed by atoms with E-state index in [1.54, 1.807) is 0 Å². The standard InChI is InChI=1S/C12H16N2/c1-4-12(14-13-10(2)3)11-8-6-5-7-9-11/h5-9H,4H2,1-3H3/b14-12+. The van der Waals surface area contributed by atoms with Gasteiger partial charge < -0.3 is 0 Å². The zero-order valence-electron chi connectivity index (χ0n) is 8.99. The highest BCUT2D eigenvalue weighted by Crippen LogP contribution is 2.04. The van der Waals surface area contributed by atoms with Gasteiger partial charge in [-0.05, 0) is 25.8 Å². The van der Waals surface area contributed by atoms with Crippen molar-refractivity contribution in [3.8, 4) is 0 Å². The van der Waals surface area contributed by atoms with E-state index in [1.165, 1.54) is 0 Å². The van der Waals surface area contributed by atoms with E-state index in [2.05, 4.69) is 29.3 Å². The third kappa shape index (κ3) is 3.13. The Morgan fingerprint density at radius 2 is 1.71 bits per heavy atom. The molecule has 0 bridgehead atoms. The van der Waals surface area contributed by atoms with Gasteiger partial charge in [-0.3, -0.25) is 0 Å². The van der Waals surface area contributed by atoms with Gasteiger partial charge in [0.2, 0.25) is 0 Å². The first-order chi connectivity index (χ1) is 6.74. The molecule has 0 aliphatic rings. The fraction of sp³-hybridized carbons (Fsp3) is 0.333. The molecule has 0 heterocycles. The molecular formula is C12H16N2. The van der Waals surface area contributed by atoms with Crippen LogP contribution in [0.5, 0.6) is 0 Å². The predicted molar refractivity (Wildman–Crippen MR) is 62.1 cm³/mol. The summed E-state index contributed by atoms with van der Waals surface area (Å²) in [6, 6.07) is 10.2. The molecule has 2 nitrogen and oxygen atoms in total. The van der Waals surface area contributed by atoms with Gasteiger partial charge in [0.15, 0.2) is 0 Å². The molecule has 2 heteroatoms. The molecule has 0 unspecified atom stereocenters. The minimum atomic E-state index is 0.904. The first-order valence-electron chi connectivity index (χ1n) is 4.87. The summed E-state index contributed by atoms with van der Waals surface area (Å²) < 4.78 is 0. The molecule has 0 aromatic heterocycles. The zero-order valence-corrected chi connectivity index (χ0v) is 8.99. The van der Waals surface area contributed by atoms with Crippen LogP contribution < -0.4 is 0 Å². The van der Waals surface area contributed by atoms with Crippen LogP contribution >= 0.6 is 0 Å². The lowest BCUT2D eigenvalue weighted by atomic mass is 10.1. The van der Waals surface area contributed by atoms with Crippen LogP contribution in [0.2, 0.25) is 0 Å². The maximum absolute atomic E-state index is 4.22. The topological polar surface area (TPSA) is 24.7 Å². The summed E-state index contributed by atoms with van der Waals surface area (Å²) in [6.07, 6.45) is 0.904. The molecule has 0 saturated carbocycles. The third-order valence-corrected chi connectivity index (χ3v) is 1.81. The van der Waals surface area contributed by atoms with Crippen LogP contribution in [0.4, 0.5) is 0 Å². The van der Waals surface area contributed by atoms with Gasteiger partial charge in [-0.15, -0.1) is 0 Å². The van der Waals surface area contributed by atoms with E-state index in [1.807, 2.05) is 32.0 Å². The second-order valence-electron chi connectivity index (χ2n) is 3.31. The summed E-state index contributed by atoms with van der Waals surface area (Å²) >= 11 is 0. The van der Waals surface area contributed by atoms with E-state index in [0.29, 0.717) is 0 Å². The first-order valence-corrected chi connectivity index (χ1v) is 4.87. The Kier molecular flexibility index (Phi) is 4.05. The van der Waals surface area contributed by atoms with Crippen molar-refractivity contribution in [1.29, 1.82) is 0 Å². The smallest absolute Gasteiger partial charge is 0.0699 e. The summed E-state index contributed by atoms with van der Waals surface area (Å²) in [7, 11) is 0. The van der Waals surface area contributed by atoms with E-state index in [-0.39, 0.29) is 0 Å². The summed E-state index contributed by atoms with van der Waals surface area (Å²) in [5.74, 6) is 0. The lowest BCUT2D eigenvalue weighted by Crippen LogP contribution is -1.97. The number of hydrogen-bond acceptors (Lipinski definition) is 2. The Morgan fingerprint density at radius 1 is 1.07 bits per heavy atom. The van der Waals surface area contributed by atoms with Crippen molar-refractivity contribution in [3.63, 3.8) is 0 Å². The highest BCUT2D eigenvalue weighted by atomic mass is 15.2. The van der Waals surface area contributed by atoms with Crippen molar-refractivity contribution in [2.75, 3.05) is 0 Å². The summed E-state index contributed by atoms with van der Waals surface area (Å²) in [5, 5.41) is 8.29. The van der Waals surface area contributed by atoms with Crippen LogP contribution in [0.25, 0.3) is 0 Å². The molecule has 0 N–H and O–H groups in total. The molecule has 1 rings (SSSR count). The minimum absolute atomic E-state index is 0.904. The SMILES string of the molecule is CC/C(=N\N=C(C)C)c1ccccc1. The van der Waals surface area contributed by atoms with Crippen LogP contribution in [0, 0.1) is 0 Å². The van der Waals surface area contributed by atoms with Gasteiger partial charge in [0.1, 0.15) is 0 Å². The van der Waals surface area contributed by atoms with E-state index < -0.39 is 0 Å². The zero-order chi connectivity index (χ0) is 10.4. The van der Waals surface area contributed by atoms with Crippen molar-refractivity contribution in [2.45, 2.75) is 27.2 Å². The normalized spacial score (nSPS) is 11.2. The first kappa shape index (κ1) is 10.6. The van der Waals surface area contributed by atoms with Crippen molar-refractivity contribution in [2.24, 2.45) is 10.2 Å². The number of nitrogens with zero attached hydrogens (tertiary/aromatic N) is 2. The van der Waals surface area contributed by atoms with Gasteiger partial charge in [-0.2, -0.15) is 10.2 Å². The van der Waals surface area contributed by atoms with Gasteiger partial charge in [0.05, 0.1) is 5.71 Å². The summed E-state index contributed by atoms with van der Waals surface area (Å²) in [4.78, 5) is 0. The molecule has 0 saturated heterocycles. The largest absolute Gasteiger partial charge is 0.160 e. The van der Waals surface area contributed by atoms with Crippen molar-refractivity contribution < 1.29 is 0 Å². The molecule has 0 atom stereocenters. The fourth-order valence-corrected chi connectivity index (χ4v) is 1.12. The summed E-state index contributed by atoms with van der Waals surface area (Å²) in [6.45, 7) is 5.98. The number of hydrogen-bond donors (Lipinski definition) is 0. The number of rotatable bonds is 3. The Labute approximate surface area is 85.4 Å². The lowest BCUT2D eigenvalue weighted by Gasteiger charge is -2.00. The molecule has 1 aromatic carbocycles. The van der Waals surface area contributed by atoms with E-state index in [9.17, 15) is 0 Å². The molecule has 74 valence electrons. The average Bonchev–Trinajstić information content (AvgIpc) is 2.20. The lowest BCUT2D eigenvalue weighted by molar-refractivity contribution is 1.16. The van der Waals surface area contributed by atoms with Gasteiger partial charge in [-0.1, -0.05) is 37.3 Å². The van der Waals surface area contributed by atoms with Crippen LogP contribution in [0.3, 0.4) is 0 Å². The maximum Gasteiger partial charge on any atom is 0.0699 e. The Balaban J connectivity index is 2.93. The maximum atomic E-state index is 4.22. The molecule has 0 aliphatic carbocycles.